The first-order chi connectivity index (χ1) is 7.70. The number of fused-ring (bicyclic) bond motifs is 1. The van der Waals surface area contributed by atoms with Gasteiger partial charge in [0.2, 0.25) is 5.91 Å². The first-order valence-corrected chi connectivity index (χ1v) is 5.50. The molecule has 0 fully saturated rings. The number of benzene rings is 1. The van der Waals surface area contributed by atoms with Gasteiger partial charge in [-0.3, -0.25) is 4.79 Å². The van der Waals surface area contributed by atoms with Crippen molar-refractivity contribution >= 4 is 27.5 Å². The zero-order chi connectivity index (χ0) is 11.5. The Hall–Kier alpha value is -1.93. The van der Waals surface area contributed by atoms with E-state index in [9.17, 15) is 4.79 Å². The van der Waals surface area contributed by atoms with Crippen LogP contribution in [-0.2, 0) is 17.6 Å². The summed E-state index contributed by atoms with van der Waals surface area (Å²) < 4.78 is 5.23. The molecule has 0 aliphatic heterocycles. The van der Waals surface area contributed by atoms with Gasteiger partial charge < -0.3 is 5.73 Å². The molecular weight excluding hydrogens is 222 g/mol. The van der Waals surface area contributed by atoms with Crippen molar-refractivity contribution in [2.45, 2.75) is 12.8 Å². The van der Waals surface area contributed by atoms with Crippen LogP contribution in [-0.4, -0.2) is 10.3 Å². The van der Waals surface area contributed by atoms with E-state index in [1.807, 2.05) is 18.2 Å². The normalized spacial score (nSPS) is 10.2. The van der Waals surface area contributed by atoms with Gasteiger partial charge in [0.25, 0.3) is 0 Å². The van der Waals surface area contributed by atoms with Crippen LogP contribution in [0.3, 0.4) is 0 Å². The van der Waals surface area contributed by atoms with Crippen LogP contribution >= 0.6 is 11.5 Å². The molecule has 2 N–H and O–H groups in total. The topological polar surface area (TPSA) is 79.8 Å². The minimum atomic E-state index is -0.357. The van der Waals surface area contributed by atoms with E-state index in [4.69, 9.17) is 11.0 Å². The van der Waals surface area contributed by atoms with Crippen LogP contribution in [0.4, 0.5) is 0 Å². The van der Waals surface area contributed by atoms with Crippen LogP contribution in [0.1, 0.15) is 11.3 Å². The summed E-state index contributed by atoms with van der Waals surface area (Å²) in [4.78, 5) is 10.8. The van der Waals surface area contributed by atoms with Gasteiger partial charge in [-0.2, -0.15) is 9.64 Å². The highest BCUT2D eigenvalue weighted by Crippen LogP contribution is 2.24. The van der Waals surface area contributed by atoms with Gasteiger partial charge in [0, 0.05) is 5.39 Å². The fourth-order valence-electron chi connectivity index (χ4n) is 1.55. The van der Waals surface area contributed by atoms with Crippen LogP contribution in [0.25, 0.3) is 10.1 Å². The van der Waals surface area contributed by atoms with E-state index in [0.717, 1.165) is 21.3 Å². The van der Waals surface area contributed by atoms with Gasteiger partial charge in [0.05, 0.1) is 29.3 Å². The number of rotatable bonds is 3. The zero-order valence-electron chi connectivity index (χ0n) is 8.43. The standard InChI is InChI=1S/C11H9N3OS/c12-4-3-9-8-5-7(6-11(13)15)1-2-10(8)16-14-9/h1-2,5H,3,6H2,(H2,13,15). The summed E-state index contributed by atoms with van der Waals surface area (Å²) in [6.07, 6.45) is 0.512. The third-order valence-electron chi connectivity index (χ3n) is 2.23. The van der Waals surface area contributed by atoms with Crippen molar-refractivity contribution in [2.75, 3.05) is 0 Å². The van der Waals surface area contributed by atoms with Crippen LogP contribution < -0.4 is 5.73 Å². The molecule has 1 aromatic heterocycles. The molecule has 1 amide bonds. The fourth-order valence-corrected chi connectivity index (χ4v) is 2.32. The maximum absolute atomic E-state index is 10.8. The number of nitrogens with zero attached hydrogens (tertiary/aromatic N) is 2. The van der Waals surface area contributed by atoms with Crippen molar-refractivity contribution in [1.29, 1.82) is 5.26 Å². The Morgan fingerprint density at radius 3 is 3.06 bits per heavy atom. The number of nitriles is 1. The Morgan fingerprint density at radius 1 is 1.56 bits per heavy atom. The molecule has 1 aromatic carbocycles. The molecule has 4 nitrogen and oxygen atoms in total. The van der Waals surface area contributed by atoms with Crippen molar-refractivity contribution in [2.24, 2.45) is 5.73 Å². The van der Waals surface area contributed by atoms with Gasteiger partial charge in [0.15, 0.2) is 0 Å². The first-order valence-electron chi connectivity index (χ1n) is 4.73. The lowest BCUT2D eigenvalue weighted by Crippen LogP contribution is -2.13. The maximum atomic E-state index is 10.8. The monoisotopic (exact) mass is 231 g/mol. The molecule has 0 radical (unpaired) electrons. The number of hydrogen-bond donors (Lipinski definition) is 1. The maximum Gasteiger partial charge on any atom is 0.221 e. The SMILES string of the molecule is N#CCc1nsc2ccc(CC(N)=O)cc12. The first kappa shape index (κ1) is 10.6. The average Bonchev–Trinajstić information content (AvgIpc) is 2.61. The summed E-state index contributed by atoms with van der Waals surface area (Å²) in [6, 6.07) is 7.73. The second-order valence-electron chi connectivity index (χ2n) is 3.44. The number of nitrogens with two attached hydrogens (primary N) is 1. The Balaban J connectivity index is 2.46. The highest BCUT2D eigenvalue weighted by molar-refractivity contribution is 7.13. The predicted octanol–water partition coefficient (Wildman–Crippen LogP) is 1.39. The molecule has 0 spiro atoms. The van der Waals surface area contributed by atoms with E-state index in [1.165, 1.54) is 11.5 Å². The summed E-state index contributed by atoms with van der Waals surface area (Å²) >= 11 is 1.36. The lowest BCUT2D eigenvalue weighted by Gasteiger charge is -1.98. The molecule has 0 saturated carbocycles. The molecule has 0 saturated heterocycles. The average molecular weight is 231 g/mol. The molecule has 0 aliphatic carbocycles. The Labute approximate surface area is 96.5 Å². The summed E-state index contributed by atoms with van der Waals surface area (Å²) in [5, 5.41) is 9.60. The van der Waals surface area contributed by atoms with Crippen molar-refractivity contribution in [1.82, 2.24) is 4.37 Å². The van der Waals surface area contributed by atoms with Crippen LogP contribution in [0, 0.1) is 11.3 Å². The molecule has 5 heteroatoms. The van der Waals surface area contributed by atoms with E-state index in [1.54, 1.807) is 0 Å². The number of amides is 1. The van der Waals surface area contributed by atoms with Crippen LogP contribution in [0.15, 0.2) is 18.2 Å². The molecule has 0 aliphatic rings. The van der Waals surface area contributed by atoms with Crippen molar-refractivity contribution in [3.63, 3.8) is 0 Å². The Kier molecular flexibility index (Phi) is 2.84. The van der Waals surface area contributed by atoms with Gasteiger partial charge in [-0.05, 0) is 29.2 Å². The third kappa shape index (κ3) is 2.02. The number of carbonyl (C=O) groups excluding carboxylic acids is 1. The second kappa shape index (κ2) is 4.29. The summed E-state index contributed by atoms with van der Waals surface area (Å²) in [5.74, 6) is -0.357. The van der Waals surface area contributed by atoms with Crippen LogP contribution in [0.5, 0.6) is 0 Å². The van der Waals surface area contributed by atoms with E-state index in [2.05, 4.69) is 10.4 Å². The molecular formula is C11H9N3OS. The number of carbonyl (C=O) groups is 1. The van der Waals surface area contributed by atoms with Crippen molar-refractivity contribution in [3.8, 4) is 6.07 Å². The van der Waals surface area contributed by atoms with E-state index < -0.39 is 0 Å². The van der Waals surface area contributed by atoms with Crippen molar-refractivity contribution in [3.05, 3.63) is 29.5 Å². The molecule has 0 atom stereocenters. The number of aromatic nitrogens is 1. The van der Waals surface area contributed by atoms with Gasteiger partial charge in [-0.15, -0.1) is 0 Å². The van der Waals surface area contributed by atoms with E-state index >= 15 is 0 Å². The quantitative estimate of drug-likeness (QED) is 0.866. The molecule has 0 bridgehead atoms. The van der Waals surface area contributed by atoms with Gasteiger partial charge in [-0.25, -0.2) is 0 Å². The van der Waals surface area contributed by atoms with E-state index in [-0.39, 0.29) is 12.3 Å². The molecule has 16 heavy (non-hydrogen) atoms. The molecule has 2 aromatic rings. The summed E-state index contributed by atoms with van der Waals surface area (Å²) in [7, 11) is 0. The minimum absolute atomic E-state index is 0.220. The highest BCUT2D eigenvalue weighted by Gasteiger charge is 2.07. The Morgan fingerprint density at radius 2 is 2.38 bits per heavy atom. The summed E-state index contributed by atoms with van der Waals surface area (Å²) in [6.45, 7) is 0. The predicted molar refractivity (Wildman–Crippen MR) is 61.8 cm³/mol. The lowest BCUT2D eigenvalue weighted by molar-refractivity contribution is -0.117. The smallest absolute Gasteiger partial charge is 0.221 e. The minimum Gasteiger partial charge on any atom is -0.369 e. The second-order valence-corrected chi connectivity index (χ2v) is 4.24. The molecule has 80 valence electrons. The Bertz CT molecular complexity index is 582. The van der Waals surface area contributed by atoms with Gasteiger partial charge in [0.1, 0.15) is 0 Å². The molecule has 2 rings (SSSR count). The van der Waals surface area contributed by atoms with Crippen molar-refractivity contribution < 1.29 is 4.79 Å². The highest BCUT2D eigenvalue weighted by atomic mass is 32.1. The van der Waals surface area contributed by atoms with E-state index in [0.29, 0.717) is 6.42 Å². The lowest BCUT2D eigenvalue weighted by atomic mass is 10.1. The number of hydrogen-bond acceptors (Lipinski definition) is 4. The fraction of sp³-hybridized carbons (Fsp3) is 0.182. The van der Waals surface area contributed by atoms with Gasteiger partial charge in [-0.1, -0.05) is 6.07 Å². The molecule has 1 heterocycles. The van der Waals surface area contributed by atoms with Gasteiger partial charge >= 0.3 is 0 Å². The van der Waals surface area contributed by atoms with Crippen LogP contribution in [0.2, 0.25) is 0 Å². The number of primary amides is 1. The molecule has 0 unspecified atom stereocenters. The zero-order valence-corrected chi connectivity index (χ0v) is 9.25. The summed E-state index contributed by atoms with van der Waals surface area (Å²) in [5.41, 5.74) is 6.77. The third-order valence-corrected chi connectivity index (χ3v) is 3.10. The largest absolute Gasteiger partial charge is 0.369 e.